The van der Waals surface area contributed by atoms with Crippen LogP contribution in [0.1, 0.15) is 21.5 Å². The molecule has 104 valence electrons. The molecule has 2 aromatic rings. The summed E-state index contributed by atoms with van der Waals surface area (Å²) in [4.78, 5) is 11.5. The van der Waals surface area contributed by atoms with Crippen molar-refractivity contribution in [3.05, 3.63) is 63.6 Å². The zero-order chi connectivity index (χ0) is 14.5. The van der Waals surface area contributed by atoms with Gasteiger partial charge in [-0.25, -0.2) is 4.79 Å². The number of aryl methyl sites for hydroxylation is 1. The Hall–Kier alpha value is -1.81. The zero-order valence-electron chi connectivity index (χ0n) is 11.4. The van der Waals surface area contributed by atoms with Gasteiger partial charge in [0.15, 0.2) is 0 Å². The molecule has 2 rings (SSSR count). The Labute approximate surface area is 127 Å². The lowest BCUT2D eigenvalue weighted by atomic mass is 10.1. The van der Waals surface area contributed by atoms with Gasteiger partial charge in [0.25, 0.3) is 0 Å². The van der Waals surface area contributed by atoms with E-state index < -0.39 is 0 Å². The Kier molecular flexibility index (Phi) is 4.79. The lowest BCUT2D eigenvalue weighted by Crippen LogP contribution is -2.05. The number of ether oxygens (including phenoxy) is 1. The third-order valence-electron chi connectivity index (χ3n) is 3.05. The fourth-order valence-electron chi connectivity index (χ4n) is 1.86. The quantitative estimate of drug-likeness (QED) is 0.854. The van der Waals surface area contributed by atoms with Gasteiger partial charge in [0.1, 0.15) is 0 Å². The average Bonchev–Trinajstić information content (AvgIpc) is 2.47. The standard InChI is InChI=1S/C16H16BrNO2/c1-11-3-6-13(16(19)20-2)9-15(11)18-10-12-4-7-14(17)8-5-12/h3-9,18H,10H2,1-2H3. The molecular weight excluding hydrogens is 318 g/mol. The monoisotopic (exact) mass is 333 g/mol. The van der Waals surface area contributed by atoms with Crippen LogP contribution in [0, 0.1) is 6.92 Å². The third-order valence-corrected chi connectivity index (χ3v) is 3.58. The first-order chi connectivity index (χ1) is 9.60. The Morgan fingerprint density at radius 2 is 1.90 bits per heavy atom. The molecule has 0 amide bonds. The van der Waals surface area contributed by atoms with Crippen molar-refractivity contribution in [2.75, 3.05) is 12.4 Å². The Balaban J connectivity index is 2.12. The van der Waals surface area contributed by atoms with E-state index in [1.54, 1.807) is 6.07 Å². The molecule has 0 heterocycles. The predicted octanol–water partition coefficient (Wildman–Crippen LogP) is 4.16. The zero-order valence-corrected chi connectivity index (χ0v) is 13.0. The van der Waals surface area contributed by atoms with Gasteiger partial charge in [-0.05, 0) is 42.3 Å². The maximum atomic E-state index is 11.5. The molecule has 0 aromatic heterocycles. The van der Waals surface area contributed by atoms with Crippen molar-refractivity contribution < 1.29 is 9.53 Å². The van der Waals surface area contributed by atoms with E-state index in [1.165, 1.54) is 12.7 Å². The summed E-state index contributed by atoms with van der Waals surface area (Å²) in [6, 6.07) is 13.6. The molecular formula is C16H16BrNO2. The second-order valence-electron chi connectivity index (χ2n) is 4.50. The number of benzene rings is 2. The summed E-state index contributed by atoms with van der Waals surface area (Å²) in [5.41, 5.74) is 3.76. The van der Waals surface area contributed by atoms with Crippen molar-refractivity contribution in [1.29, 1.82) is 0 Å². The highest BCUT2D eigenvalue weighted by molar-refractivity contribution is 9.10. The first-order valence-electron chi connectivity index (χ1n) is 6.27. The lowest BCUT2D eigenvalue weighted by molar-refractivity contribution is 0.0601. The van der Waals surface area contributed by atoms with Crippen LogP contribution in [0.5, 0.6) is 0 Å². The van der Waals surface area contributed by atoms with Crippen LogP contribution in [-0.2, 0) is 11.3 Å². The van der Waals surface area contributed by atoms with E-state index in [1.807, 2.05) is 31.2 Å². The SMILES string of the molecule is COC(=O)c1ccc(C)c(NCc2ccc(Br)cc2)c1. The third kappa shape index (κ3) is 3.61. The molecule has 1 N–H and O–H groups in total. The maximum absolute atomic E-state index is 11.5. The smallest absolute Gasteiger partial charge is 0.337 e. The molecule has 0 unspecified atom stereocenters. The van der Waals surface area contributed by atoms with Crippen LogP contribution in [0.3, 0.4) is 0 Å². The number of anilines is 1. The summed E-state index contributed by atoms with van der Waals surface area (Å²) in [5, 5.41) is 3.34. The van der Waals surface area contributed by atoms with Crippen molar-refractivity contribution in [2.45, 2.75) is 13.5 Å². The van der Waals surface area contributed by atoms with Gasteiger partial charge in [-0.15, -0.1) is 0 Å². The topological polar surface area (TPSA) is 38.3 Å². The van der Waals surface area contributed by atoms with E-state index in [4.69, 9.17) is 4.74 Å². The molecule has 0 aliphatic carbocycles. The summed E-state index contributed by atoms with van der Waals surface area (Å²) in [6.07, 6.45) is 0. The molecule has 4 heteroatoms. The van der Waals surface area contributed by atoms with Gasteiger partial charge >= 0.3 is 5.97 Å². The molecule has 0 saturated heterocycles. The van der Waals surface area contributed by atoms with E-state index in [0.29, 0.717) is 12.1 Å². The number of nitrogens with one attached hydrogen (secondary N) is 1. The summed E-state index contributed by atoms with van der Waals surface area (Å²) in [6.45, 7) is 2.71. The molecule has 0 aliphatic rings. The largest absolute Gasteiger partial charge is 0.465 e. The van der Waals surface area contributed by atoms with Crippen molar-refractivity contribution >= 4 is 27.6 Å². The Morgan fingerprint density at radius 3 is 2.55 bits per heavy atom. The molecule has 3 nitrogen and oxygen atoms in total. The fourth-order valence-corrected chi connectivity index (χ4v) is 2.12. The fraction of sp³-hybridized carbons (Fsp3) is 0.188. The number of rotatable bonds is 4. The van der Waals surface area contributed by atoms with E-state index in [0.717, 1.165) is 15.7 Å². The van der Waals surface area contributed by atoms with Gasteiger partial charge in [-0.2, -0.15) is 0 Å². The van der Waals surface area contributed by atoms with Gasteiger partial charge < -0.3 is 10.1 Å². The molecule has 20 heavy (non-hydrogen) atoms. The normalized spacial score (nSPS) is 10.2. The highest BCUT2D eigenvalue weighted by Gasteiger charge is 2.07. The first kappa shape index (κ1) is 14.6. The van der Waals surface area contributed by atoms with Gasteiger partial charge in [-0.3, -0.25) is 0 Å². The van der Waals surface area contributed by atoms with Gasteiger partial charge in [0.2, 0.25) is 0 Å². The second-order valence-corrected chi connectivity index (χ2v) is 5.42. The summed E-state index contributed by atoms with van der Waals surface area (Å²) in [7, 11) is 1.39. The molecule has 2 aromatic carbocycles. The van der Waals surface area contributed by atoms with Crippen molar-refractivity contribution in [3.8, 4) is 0 Å². The van der Waals surface area contributed by atoms with Crippen LogP contribution in [0.4, 0.5) is 5.69 Å². The Morgan fingerprint density at radius 1 is 1.20 bits per heavy atom. The van der Waals surface area contributed by atoms with Gasteiger partial charge in [-0.1, -0.05) is 34.1 Å². The number of carbonyl (C=O) groups is 1. The minimum absolute atomic E-state index is 0.323. The van der Waals surface area contributed by atoms with E-state index in [2.05, 4.69) is 33.4 Å². The number of hydrogen-bond donors (Lipinski definition) is 1. The minimum atomic E-state index is -0.323. The summed E-state index contributed by atoms with van der Waals surface area (Å²) < 4.78 is 5.80. The number of hydrogen-bond acceptors (Lipinski definition) is 3. The molecule has 0 fully saturated rings. The van der Waals surface area contributed by atoms with E-state index >= 15 is 0 Å². The molecule has 0 radical (unpaired) electrons. The number of methoxy groups -OCH3 is 1. The van der Waals surface area contributed by atoms with Crippen LogP contribution in [0.15, 0.2) is 46.9 Å². The number of esters is 1. The van der Waals surface area contributed by atoms with Crippen LogP contribution < -0.4 is 5.32 Å². The number of halogens is 1. The van der Waals surface area contributed by atoms with E-state index in [9.17, 15) is 4.79 Å². The predicted molar refractivity (Wildman–Crippen MR) is 84.0 cm³/mol. The summed E-state index contributed by atoms with van der Waals surface area (Å²) >= 11 is 3.41. The molecule has 0 saturated carbocycles. The van der Waals surface area contributed by atoms with E-state index in [-0.39, 0.29) is 5.97 Å². The summed E-state index contributed by atoms with van der Waals surface area (Å²) in [5.74, 6) is -0.323. The maximum Gasteiger partial charge on any atom is 0.337 e. The Bertz CT molecular complexity index is 608. The molecule has 0 spiro atoms. The van der Waals surface area contributed by atoms with Gasteiger partial charge in [0.05, 0.1) is 12.7 Å². The number of carbonyl (C=O) groups excluding carboxylic acids is 1. The average molecular weight is 334 g/mol. The molecule has 0 atom stereocenters. The van der Waals surface area contributed by atoms with Crippen LogP contribution in [-0.4, -0.2) is 13.1 Å². The minimum Gasteiger partial charge on any atom is -0.465 e. The molecule has 0 aliphatic heterocycles. The van der Waals surface area contributed by atoms with Crippen LogP contribution >= 0.6 is 15.9 Å². The van der Waals surface area contributed by atoms with Gasteiger partial charge in [0, 0.05) is 16.7 Å². The highest BCUT2D eigenvalue weighted by Crippen LogP contribution is 2.19. The second kappa shape index (κ2) is 6.57. The van der Waals surface area contributed by atoms with Crippen LogP contribution in [0.25, 0.3) is 0 Å². The van der Waals surface area contributed by atoms with Crippen molar-refractivity contribution in [3.63, 3.8) is 0 Å². The highest BCUT2D eigenvalue weighted by atomic mass is 79.9. The van der Waals surface area contributed by atoms with Crippen molar-refractivity contribution in [1.82, 2.24) is 0 Å². The van der Waals surface area contributed by atoms with Crippen LogP contribution in [0.2, 0.25) is 0 Å². The lowest BCUT2D eigenvalue weighted by Gasteiger charge is -2.11. The van der Waals surface area contributed by atoms with Crippen molar-refractivity contribution in [2.24, 2.45) is 0 Å². The first-order valence-corrected chi connectivity index (χ1v) is 7.06. The molecule has 0 bridgehead atoms.